The fraction of sp³-hybridized carbons (Fsp3) is 0.444. The molecule has 1 fully saturated rings. The number of amides is 1. The lowest BCUT2D eigenvalue weighted by Crippen LogP contribution is -2.42. The molecule has 2 heterocycles. The van der Waals surface area contributed by atoms with Crippen molar-refractivity contribution >= 4 is 40.4 Å². The van der Waals surface area contributed by atoms with Gasteiger partial charge in [-0.2, -0.15) is 0 Å². The number of carboxylic acid groups (broad SMARTS) is 1. The molecule has 1 saturated carbocycles. The minimum absolute atomic E-state index is 0.0155. The minimum atomic E-state index is -1.02. The van der Waals surface area contributed by atoms with Gasteiger partial charge in [-0.1, -0.05) is 30.2 Å². The van der Waals surface area contributed by atoms with Crippen LogP contribution < -0.4 is 4.90 Å². The third-order valence-electron chi connectivity index (χ3n) is 7.64. The number of carboxylic acids is 1. The fourth-order valence-electron chi connectivity index (χ4n) is 5.79. The van der Waals surface area contributed by atoms with Crippen molar-refractivity contribution in [3.05, 3.63) is 58.4 Å². The van der Waals surface area contributed by atoms with Gasteiger partial charge in [-0.3, -0.25) is 9.69 Å². The molecule has 190 valence electrons. The van der Waals surface area contributed by atoms with Gasteiger partial charge < -0.3 is 19.5 Å². The van der Waals surface area contributed by atoms with E-state index in [2.05, 4.69) is 0 Å². The lowest BCUT2D eigenvalue weighted by Gasteiger charge is -2.34. The zero-order chi connectivity index (χ0) is 25.6. The normalized spacial score (nSPS) is 22.8. The first-order chi connectivity index (χ1) is 17.3. The molecular formula is C27H30ClN3O5. The molecule has 2 aromatic carbocycles. The van der Waals surface area contributed by atoms with Crippen LogP contribution in [0.3, 0.4) is 0 Å². The molecule has 8 nitrogen and oxygen atoms in total. The zero-order valence-corrected chi connectivity index (χ0v) is 21.1. The van der Waals surface area contributed by atoms with Gasteiger partial charge in [-0.05, 0) is 68.9 Å². The van der Waals surface area contributed by atoms with Crippen molar-refractivity contribution in [2.75, 3.05) is 12.0 Å². The SMILES string of the molecule is COC(=O)N1c2ccc3c(nc(C(O)c4ccc(Cl)cc4)n3C3CCCC(C(=O)O)C3)c2CC[C@@H]1C. The van der Waals surface area contributed by atoms with Crippen LogP contribution in [0.5, 0.6) is 0 Å². The van der Waals surface area contributed by atoms with Crippen molar-refractivity contribution in [3.63, 3.8) is 0 Å². The summed E-state index contributed by atoms with van der Waals surface area (Å²) >= 11 is 6.07. The van der Waals surface area contributed by atoms with Crippen LogP contribution in [-0.2, 0) is 16.0 Å². The molecule has 2 aliphatic rings. The number of hydrogen-bond donors (Lipinski definition) is 2. The van der Waals surface area contributed by atoms with Crippen LogP contribution >= 0.6 is 11.6 Å². The average Bonchev–Trinajstić information content (AvgIpc) is 3.28. The number of fused-ring (bicyclic) bond motifs is 3. The zero-order valence-electron chi connectivity index (χ0n) is 20.4. The van der Waals surface area contributed by atoms with E-state index in [-0.39, 0.29) is 12.1 Å². The summed E-state index contributed by atoms with van der Waals surface area (Å²) in [6.45, 7) is 1.99. The molecule has 9 heteroatoms. The van der Waals surface area contributed by atoms with Crippen molar-refractivity contribution < 1.29 is 24.5 Å². The number of anilines is 1. The molecule has 0 radical (unpaired) electrons. The van der Waals surface area contributed by atoms with Gasteiger partial charge in [0.15, 0.2) is 0 Å². The highest BCUT2D eigenvalue weighted by atomic mass is 35.5. The second kappa shape index (κ2) is 9.75. The standard InChI is InChI=1S/C27H30ClN3O5/c1-15-6-11-20-21(30(15)27(35)36-2)12-13-22-23(20)29-25(24(32)16-7-9-18(28)10-8-16)31(22)19-5-3-4-17(14-19)26(33)34/h7-10,12-13,15,17,19,24,32H,3-6,11,14H2,1-2H3,(H,33,34)/t15-,17?,19?,24?/m0/s1. The van der Waals surface area contributed by atoms with Crippen LogP contribution in [0.2, 0.25) is 5.02 Å². The van der Waals surface area contributed by atoms with Crippen LogP contribution in [0.25, 0.3) is 11.0 Å². The maximum absolute atomic E-state index is 12.6. The van der Waals surface area contributed by atoms with Gasteiger partial charge in [-0.15, -0.1) is 0 Å². The van der Waals surface area contributed by atoms with Crippen LogP contribution in [0, 0.1) is 5.92 Å². The van der Waals surface area contributed by atoms with E-state index in [0.717, 1.165) is 48.0 Å². The number of aryl methyl sites for hydroxylation is 1. The Hall–Kier alpha value is -3.10. The molecule has 2 N–H and O–H groups in total. The molecule has 3 unspecified atom stereocenters. The van der Waals surface area contributed by atoms with Crippen LogP contribution in [0.4, 0.5) is 10.5 Å². The third kappa shape index (κ3) is 4.22. The number of imidazole rings is 1. The van der Waals surface area contributed by atoms with Crippen molar-refractivity contribution in [2.45, 2.75) is 63.6 Å². The first-order valence-electron chi connectivity index (χ1n) is 12.4. The fourth-order valence-corrected chi connectivity index (χ4v) is 5.91. The molecule has 1 aromatic heterocycles. The smallest absolute Gasteiger partial charge is 0.414 e. The van der Waals surface area contributed by atoms with E-state index < -0.39 is 24.1 Å². The Bertz CT molecular complexity index is 1300. The molecule has 1 aliphatic heterocycles. The number of ether oxygens (including phenoxy) is 1. The lowest BCUT2D eigenvalue weighted by atomic mass is 9.85. The highest BCUT2D eigenvalue weighted by molar-refractivity contribution is 6.30. The average molecular weight is 512 g/mol. The molecule has 0 saturated heterocycles. The quantitative estimate of drug-likeness (QED) is 0.479. The summed E-state index contributed by atoms with van der Waals surface area (Å²) < 4.78 is 7.08. The van der Waals surface area contributed by atoms with Gasteiger partial charge in [0.05, 0.1) is 29.7 Å². The predicted molar refractivity (Wildman–Crippen MR) is 137 cm³/mol. The molecule has 0 bridgehead atoms. The summed E-state index contributed by atoms with van der Waals surface area (Å²) in [6, 6.07) is 10.7. The molecule has 3 aromatic rings. The topological polar surface area (TPSA) is 105 Å². The van der Waals surface area contributed by atoms with E-state index in [1.165, 1.54) is 7.11 Å². The number of nitrogens with zero attached hydrogens (tertiary/aromatic N) is 3. The third-order valence-corrected chi connectivity index (χ3v) is 7.90. The first kappa shape index (κ1) is 24.6. The monoisotopic (exact) mass is 511 g/mol. The van der Waals surface area contributed by atoms with Crippen molar-refractivity contribution in [1.82, 2.24) is 9.55 Å². The molecule has 5 rings (SSSR count). The molecule has 36 heavy (non-hydrogen) atoms. The Kier molecular flexibility index (Phi) is 6.66. The Balaban J connectivity index is 1.69. The van der Waals surface area contributed by atoms with Gasteiger partial charge in [0.2, 0.25) is 0 Å². The van der Waals surface area contributed by atoms with Crippen molar-refractivity contribution in [3.8, 4) is 0 Å². The first-order valence-corrected chi connectivity index (χ1v) is 12.7. The summed E-state index contributed by atoms with van der Waals surface area (Å²) in [5.74, 6) is -0.751. The van der Waals surface area contributed by atoms with Gasteiger partial charge in [0.25, 0.3) is 0 Å². The largest absolute Gasteiger partial charge is 0.481 e. The number of rotatable bonds is 4. The summed E-state index contributed by atoms with van der Waals surface area (Å²) in [7, 11) is 1.37. The number of aliphatic hydroxyl groups is 1. The van der Waals surface area contributed by atoms with Gasteiger partial charge in [0.1, 0.15) is 11.9 Å². The number of aliphatic carboxylic acids is 1. The maximum Gasteiger partial charge on any atom is 0.414 e. The predicted octanol–water partition coefficient (Wildman–Crippen LogP) is 5.49. The van der Waals surface area contributed by atoms with Crippen molar-refractivity contribution in [1.29, 1.82) is 0 Å². The Morgan fingerprint density at radius 1 is 1.14 bits per heavy atom. The summed E-state index contributed by atoms with van der Waals surface area (Å²) in [5, 5.41) is 21.7. The van der Waals surface area contributed by atoms with Crippen LogP contribution in [0.15, 0.2) is 36.4 Å². The van der Waals surface area contributed by atoms with Gasteiger partial charge in [0, 0.05) is 22.7 Å². The van der Waals surface area contributed by atoms with E-state index in [4.69, 9.17) is 21.3 Å². The van der Waals surface area contributed by atoms with Gasteiger partial charge >= 0.3 is 12.1 Å². The van der Waals surface area contributed by atoms with Crippen LogP contribution in [-0.4, -0.2) is 45.0 Å². The minimum Gasteiger partial charge on any atom is -0.481 e. The summed E-state index contributed by atoms with van der Waals surface area (Å²) in [6.07, 6.45) is 2.77. The Labute approximate surface area is 214 Å². The second-order valence-electron chi connectivity index (χ2n) is 9.81. The van der Waals surface area contributed by atoms with E-state index in [0.29, 0.717) is 29.3 Å². The number of methoxy groups -OCH3 is 1. The van der Waals surface area contributed by atoms with Gasteiger partial charge in [-0.25, -0.2) is 9.78 Å². The summed E-state index contributed by atoms with van der Waals surface area (Å²) in [5.41, 5.74) is 3.92. The number of hydrogen-bond acceptors (Lipinski definition) is 5. The van der Waals surface area contributed by atoms with E-state index >= 15 is 0 Å². The molecule has 1 amide bonds. The molecule has 0 spiro atoms. The number of aromatic nitrogens is 2. The molecule has 4 atom stereocenters. The van der Waals surface area contributed by atoms with Crippen molar-refractivity contribution in [2.24, 2.45) is 5.92 Å². The number of carbonyl (C=O) groups is 2. The number of aliphatic hydroxyl groups excluding tert-OH is 1. The van der Waals surface area contributed by atoms with E-state index in [1.807, 2.05) is 23.6 Å². The van der Waals surface area contributed by atoms with E-state index in [1.54, 1.807) is 29.2 Å². The highest BCUT2D eigenvalue weighted by Crippen LogP contribution is 2.42. The second-order valence-corrected chi connectivity index (χ2v) is 10.2. The number of benzene rings is 2. The highest BCUT2D eigenvalue weighted by Gasteiger charge is 2.35. The Morgan fingerprint density at radius 3 is 2.58 bits per heavy atom. The van der Waals surface area contributed by atoms with E-state index in [9.17, 15) is 19.8 Å². The lowest BCUT2D eigenvalue weighted by molar-refractivity contribution is -0.143. The number of carbonyl (C=O) groups excluding carboxylic acids is 1. The van der Waals surface area contributed by atoms with Crippen LogP contribution in [0.1, 0.15) is 68.1 Å². The molecular weight excluding hydrogens is 482 g/mol. The maximum atomic E-state index is 12.6. The Morgan fingerprint density at radius 2 is 1.89 bits per heavy atom. The molecule has 1 aliphatic carbocycles. The number of halogens is 1. The summed E-state index contributed by atoms with van der Waals surface area (Å²) in [4.78, 5) is 31.0.